The summed E-state index contributed by atoms with van der Waals surface area (Å²) in [7, 11) is 0. The van der Waals surface area contributed by atoms with Crippen LogP contribution in [0.25, 0.3) is 0 Å². The maximum Gasteiger partial charge on any atom is 0.255 e. The Hall–Kier alpha value is -1.51. The molecule has 1 rings (SSSR count). The van der Waals surface area contributed by atoms with Gasteiger partial charge in [0.1, 0.15) is 0 Å². The summed E-state index contributed by atoms with van der Waals surface area (Å²) in [6.07, 6.45) is 0. The summed E-state index contributed by atoms with van der Waals surface area (Å²) in [5, 5.41) is 3.30. The maximum atomic E-state index is 12.9. The van der Waals surface area contributed by atoms with Crippen LogP contribution in [0.1, 0.15) is 50.5 Å². The van der Waals surface area contributed by atoms with Gasteiger partial charge in [0.15, 0.2) is 0 Å². The van der Waals surface area contributed by atoms with Gasteiger partial charge in [-0.1, -0.05) is 39.3 Å². The summed E-state index contributed by atoms with van der Waals surface area (Å²) in [6, 6.07) is 6.05. The van der Waals surface area contributed by atoms with Gasteiger partial charge in [-0.05, 0) is 37.8 Å². The summed E-state index contributed by atoms with van der Waals surface area (Å²) in [5.74, 6) is 1.08. The fraction of sp³-hybridized carbons (Fsp3) is 0.611. The quantitative estimate of drug-likeness (QED) is 0.817. The molecule has 0 saturated heterocycles. The Morgan fingerprint density at radius 3 is 2.19 bits per heavy atom. The average Bonchev–Trinajstić information content (AvgIpc) is 2.38. The lowest BCUT2D eigenvalue weighted by molar-refractivity contribution is 0.0716. The van der Waals surface area contributed by atoms with Gasteiger partial charge in [-0.3, -0.25) is 4.79 Å². The van der Waals surface area contributed by atoms with Gasteiger partial charge in [0.25, 0.3) is 5.91 Å². The third-order valence-corrected chi connectivity index (χ3v) is 3.23. The van der Waals surface area contributed by atoms with E-state index < -0.39 is 0 Å². The molecular formula is C18H30N2O. The van der Waals surface area contributed by atoms with Gasteiger partial charge in [-0.15, -0.1) is 0 Å². The normalized spacial score (nSPS) is 11.0. The topological polar surface area (TPSA) is 32.3 Å². The number of benzene rings is 1. The van der Waals surface area contributed by atoms with Crippen molar-refractivity contribution in [1.82, 2.24) is 4.90 Å². The predicted octanol–water partition coefficient (Wildman–Crippen LogP) is 4.18. The second-order valence-corrected chi connectivity index (χ2v) is 6.58. The van der Waals surface area contributed by atoms with E-state index in [0.717, 1.165) is 36.4 Å². The summed E-state index contributed by atoms with van der Waals surface area (Å²) in [4.78, 5) is 14.9. The van der Waals surface area contributed by atoms with Gasteiger partial charge in [0.2, 0.25) is 0 Å². The molecule has 0 aliphatic rings. The van der Waals surface area contributed by atoms with Crippen molar-refractivity contribution in [2.24, 2.45) is 11.8 Å². The zero-order chi connectivity index (χ0) is 16.0. The Balaban J connectivity index is 3.09. The van der Waals surface area contributed by atoms with Gasteiger partial charge in [0.05, 0.1) is 5.56 Å². The Bertz CT molecular complexity index is 456. The molecule has 3 heteroatoms. The van der Waals surface area contributed by atoms with Crippen LogP contribution in [0, 0.1) is 18.8 Å². The van der Waals surface area contributed by atoms with Crippen molar-refractivity contribution in [2.75, 3.05) is 25.0 Å². The first-order valence-electron chi connectivity index (χ1n) is 7.98. The predicted molar refractivity (Wildman–Crippen MR) is 90.9 cm³/mol. The molecule has 0 aliphatic carbocycles. The van der Waals surface area contributed by atoms with Crippen molar-refractivity contribution in [3.63, 3.8) is 0 Å². The highest BCUT2D eigenvalue weighted by Crippen LogP contribution is 2.20. The van der Waals surface area contributed by atoms with E-state index in [-0.39, 0.29) is 5.91 Å². The van der Waals surface area contributed by atoms with Crippen LogP contribution < -0.4 is 5.32 Å². The number of nitrogens with one attached hydrogen (secondary N) is 1. The van der Waals surface area contributed by atoms with Crippen LogP contribution in [-0.2, 0) is 0 Å². The number of nitrogens with zero attached hydrogens (tertiary/aromatic N) is 1. The van der Waals surface area contributed by atoms with Crippen molar-refractivity contribution in [3.8, 4) is 0 Å². The van der Waals surface area contributed by atoms with Crippen molar-refractivity contribution < 1.29 is 4.79 Å². The number of aryl methyl sites for hydroxylation is 1. The summed E-state index contributed by atoms with van der Waals surface area (Å²) in [5.41, 5.74) is 2.85. The van der Waals surface area contributed by atoms with Gasteiger partial charge in [-0.25, -0.2) is 0 Å². The molecule has 21 heavy (non-hydrogen) atoms. The van der Waals surface area contributed by atoms with Gasteiger partial charge < -0.3 is 10.2 Å². The molecule has 0 atom stereocenters. The second-order valence-electron chi connectivity index (χ2n) is 6.58. The van der Waals surface area contributed by atoms with E-state index in [0.29, 0.717) is 11.8 Å². The minimum absolute atomic E-state index is 0.136. The number of amides is 1. The average molecular weight is 290 g/mol. The van der Waals surface area contributed by atoms with Crippen molar-refractivity contribution in [3.05, 3.63) is 29.3 Å². The summed E-state index contributed by atoms with van der Waals surface area (Å²) in [6.45, 7) is 15.1. The molecule has 0 aliphatic heterocycles. The third kappa shape index (κ3) is 5.41. The van der Waals surface area contributed by atoms with E-state index in [1.54, 1.807) is 0 Å². The molecule has 1 aromatic rings. The van der Waals surface area contributed by atoms with E-state index in [1.165, 1.54) is 0 Å². The molecule has 0 bridgehead atoms. The molecule has 1 N–H and O–H groups in total. The minimum Gasteiger partial charge on any atom is -0.385 e. The molecular weight excluding hydrogens is 260 g/mol. The van der Waals surface area contributed by atoms with Crippen molar-refractivity contribution in [2.45, 2.75) is 41.5 Å². The fourth-order valence-corrected chi connectivity index (χ4v) is 2.47. The third-order valence-electron chi connectivity index (χ3n) is 3.23. The first-order valence-corrected chi connectivity index (χ1v) is 7.98. The van der Waals surface area contributed by atoms with E-state index in [4.69, 9.17) is 0 Å². The lowest BCUT2D eigenvalue weighted by atomic mass is 10.1. The molecule has 0 unspecified atom stereocenters. The van der Waals surface area contributed by atoms with Crippen LogP contribution in [0.2, 0.25) is 0 Å². The van der Waals surface area contributed by atoms with E-state index >= 15 is 0 Å². The molecule has 0 radical (unpaired) electrons. The van der Waals surface area contributed by atoms with Crippen LogP contribution >= 0.6 is 0 Å². The Labute approximate surface area is 129 Å². The van der Waals surface area contributed by atoms with Crippen LogP contribution in [0.4, 0.5) is 5.69 Å². The number of rotatable bonds is 7. The first kappa shape index (κ1) is 17.5. The van der Waals surface area contributed by atoms with Gasteiger partial charge >= 0.3 is 0 Å². The Kier molecular flexibility index (Phi) is 6.73. The highest BCUT2D eigenvalue weighted by atomic mass is 16.2. The number of carbonyl (C=O) groups excluding carboxylic acids is 1. The zero-order valence-electron chi connectivity index (χ0n) is 14.4. The molecule has 0 saturated carbocycles. The molecule has 1 aromatic carbocycles. The van der Waals surface area contributed by atoms with Crippen LogP contribution in [0.5, 0.6) is 0 Å². The molecule has 3 nitrogen and oxygen atoms in total. The monoisotopic (exact) mass is 290 g/mol. The first-order chi connectivity index (χ1) is 9.85. The Morgan fingerprint density at radius 2 is 1.71 bits per heavy atom. The Morgan fingerprint density at radius 1 is 1.14 bits per heavy atom. The standard InChI is InChI=1S/C18H30N2O/c1-7-19-17-9-8-15(6)10-16(17)18(21)20(11-13(2)3)12-14(4)5/h8-10,13-14,19H,7,11-12H2,1-6H3. The molecule has 0 heterocycles. The molecule has 118 valence electrons. The summed E-state index contributed by atoms with van der Waals surface area (Å²) >= 11 is 0. The molecule has 0 fully saturated rings. The zero-order valence-corrected chi connectivity index (χ0v) is 14.4. The fourth-order valence-electron chi connectivity index (χ4n) is 2.47. The van der Waals surface area contributed by atoms with E-state index in [9.17, 15) is 4.79 Å². The van der Waals surface area contributed by atoms with E-state index in [2.05, 4.69) is 33.0 Å². The van der Waals surface area contributed by atoms with Crippen LogP contribution in [0.15, 0.2) is 18.2 Å². The van der Waals surface area contributed by atoms with Gasteiger partial charge in [0, 0.05) is 25.3 Å². The van der Waals surface area contributed by atoms with Crippen molar-refractivity contribution >= 4 is 11.6 Å². The number of hydrogen-bond donors (Lipinski definition) is 1. The highest BCUT2D eigenvalue weighted by Gasteiger charge is 2.20. The lowest BCUT2D eigenvalue weighted by Crippen LogP contribution is -2.37. The van der Waals surface area contributed by atoms with Crippen LogP contribution in [-0.4, -0.2) is 30.4 Å². The van der Waals surface area contributed by atoms with Crippen molar-refractivity contribution in [1.29, 1.82) is 0 Å². The SMILES string of the molecule is CCNc1ccc(C)cc1C(=O)N(CC(C)C)CC(C)C. The van der Waals surface area contributed by atoms with Crippen LogP contribution in [0.3, 0.4) is 0 Å². The number of hydrogen-bond acceptors (Lipinski definition) is 2. The largest absolute Gasteiger partial charge is 0.385 e. The van der Waals surface area contributed by atoms with E-state index in [1.807, 2.05) is 36.9 Å². The lowest BCUT2D eigenvalue weighted by Gasteiger charge is -2.27. The number of carbonyl (C=O) groups is 1. The minimum atomic E-state index is 0.136. The molecule has 0 spiro atoms. The highest BCUT2D eigenvalue weighted by molar-refractivity contribution is 5.99. The molecule has 1 amide bonds. The maximum absolute atomic E-state index is 12.9. The smallest absolute Gasteiger partial charge is 0.255 e. The molecule has 0 aromatic heterocycles. The van der Waals surface area contributed by atoms with Gasteiger partial charge in [-0.2, -0.15) is 0 Å². The summed E-state index contributed by atoms with van der Waals surface area (Å²) < 4.78 is 0. The second kappa shape index (κ2) is 8.06. The number of anilines is 1.